The minimum Gasteiger partial charge on any atom is -0.493 e. The summed E-state index contributed by atoms with van der Waals surface area (Å²) in [6.07, 6.45) is 7.05. The molecule has 6 heteroatoms. The maximum atomic E-state index is 12.3. The molecule has 1 aliphatic heterocycles. The van der Waals surface area contributed by atoms with Crippen molar-refractivity contribution in [3.63, 3.8) is 0 Å². The van der Waals surface area contributed by atoms with E-state index in [1.165, 1.54) is 31.0 Å². The summed E-state index contributed by atoms with van der Waals surface area (Å²) < 4.78 is 11.4. The van der Waals surface area contributed by atoms with E-state index in [1.54, 1.807) is 20.3 Å². The van der Waals surface area contributed by atoms with Gasteiger partial charge in [-0.2, -0.15) is 0 Å². The van der Waals surface area contributed by atoms with Gasteiger partial charge in [-0.05, 0) is 83.2 Å². The number of halogens is 1. The topological polar surface area (TPSA) is 50.8 Å². The Bertz CT molecular complexity index is 844. The van der Waals surface area contributed by atoms with Gasteiger partial charge in [0, 0.05) is 30.5 Å². The van der Waals surface area contributed by atoms with Gasteiger partial charge in [0.05, 0.1) is 18.7 Å². The van der Waals surface area contributed by atoms with E-state index in [9.17, 15) is 4.79 Å². The van der Waals surface area contributed by atoms with Gasteiger partial charge in [-0.3, -0.25) is 4.79 Å². The van der Waals surface area contributed by atoms with Gasteiger partial charge in [0.15, 0.2) is 11.5 Å². The van der Waals surface area contributed by atoms with E-state index >= 15 is 0 Å². The second kappa shape index (κ2) is 9.64. The lowest BCUT2D eigenvalue weighted by Crippen LogP contribution is -2.29. The van der Waals surface area contributed by atoms with Crippen molar-refractivity contribution < 1.29 is 14.3 Å². The SMILES string of the molecule is COc1cc(C=CC(=O)Nc2ccc(N3CCCCC3)cc2)cc(Br)c1OC. The number of nitrogens with one attached hydrogen (secondary N) is 1. The third-order valence-electron chi connectivity index (χ3n) is 4.74. The molecule has 0 spiro atoms. The number of amides is 1. The summed E-state index contributed by atoms with van der Waals surface area (Å²) in [5.74, 6) is 1.04. The molecule has 1 heterocycles. The average molecular weight is 445 g/mol. The van der Waals surface area contributed by atoms with Crippen molar-refractivity contribution in [3.8, 4) is 11.5 Å². The molecule has 2 aromatic rings. The highest BCUT2D eigenvalue weighted by atomic mass is 79.9. The van der Waals surface area contributed by atoms with Crippen LogP contribution in [0.25, 0.3) is 6.08 Å². The fraction of sp³-hybridized carbons (Fsp3) is 0.318. The minimum absolute atomic E-state index is 0.184. The van der Waals surface area contributed by atoms with Crippen molar-refractivity contribution in [2.24, 2.45) is 0 Å². The molecule has 0 atom stereocenters. The quantitative estimate of drug-likeness (QED) is 0.628. The van der Waals surface area contributed by atoms with Crippen LogP contribution in [0.1, 0.15) is 24.8 Å². The Morgan fingerprint density at radius 3 is 2.43 bits per heavy atom. The number of nitrogens with zero attached hydrogens (tertiary/aromatic N) is 1. The van der Waals surface area contributed by atoms with E-state index < -0.39 is 0 Å². The molecule has 5 nitrogen and oxygen atoms in total. The standard InChI is InChI=1S/C22H25BrN2O3/c1-27-20-15-16(14-19(23)22(20)28-2)6-11-21(26)24-17-7-9-18(10-8-17)25-12-4-3-5-13-25/h6-11,14-15H,3-5,12-13H2,1-2H3,(H,24,26). The molecule has 1 fully saturated rings. The number of hydrogen-bond donors (Lipinski definition) is 1. The minimum atomic E-state index is -0.184. The van der Waals surface area contributed by atoms with Gasteiger partial charge in [0.25, 0.3) is 0 Å². The highest BCUT2D eigenvalue weighted by Gasteiger charge is 2.11. The summed E-state index contributed by atoms with van der Waals surface area (Å²) >= 11 is 3.46. The Kier molecular flexibility index (Phi) is 6.98. The van der Waals surface area contributed by atoms with Crippen molar-refractivity contribution in [1.29, 1.82) is 0 Å². The summed E-state index contributed by atoms with van der Waals surface area (Å²) in [7, 11) is 3.17. The Labute approximate surface area is 174 Å². The monoisotopic (exact) mass is 444 g/mol. The van der Waals surface area contributed by atoms with Gasteiger partial charge in [-0.25, -0.2) is 0 Å². The zero-order valence-electron chi connectivity index (χ0n) is 16.2. The first kappa shape index (κ1) is 20.3. The fourth-order valence-corrected chi connectivity index (χ4v) is 3.92. The largest absolute Gasteiger partial charge is 0.493 e. The van der Waals surface area contributed by atoms with Crippen molar-refractivity contribution in [2.45, 2.75) is 19.3 Å². The number of ether oxygens (including phenoxy) is 2. The zero-order chi connectivity index (χ0) is 19.9. The Morgan fingerprint density at radius 2 is 1.79 bits per heavy atom. The molecule has 0 bridgehead atoms. The van der Waals surface area contributed by atoms with Gasteiger partial charge in [0.1, 0.15) is 0 Å². The van der Waals surface area contributed by atoms with Crippen LogP contribution in [0.3, 0.4) is 0 Å². The van der Waals surface area contributed by atoms with E-state index in [0.717, 1.165) is 28.8 Å². The number of hydrogen-bond acceptors (Lipinski definition) is 4. The van der Waals surface area contributed by atoms with E-state index in [-0.39, 0.29) is 5.91 Å². The second-order valence-electron chi connectivity index (χ2n) is 6.66. The van der Waals surface area contributed by atoms with E-state index in [4.69, 9.17) is 9.47 Å². The van der Waals surface area contributed by atoms with Crippen LogP contribution in [0.2, 0.25) is 0 Å². The number of anilines is 2. The Hall–Kier alpha value is -2.47. The fourth-order valence-electron chi connectivity index (χ4n) is 3.30. The summed E-state index contributed by atoms with van der Waals surface area (Å²) in [5, 5.41) is 2.90. The van der Waals surface area contributed by atoms with Crippen LogP contribution in [-0.4, -0.2) is 33.2 Å². The predicted molar refractivity (Wildman–Crippen MR) is 117 cm³/mol. The van der Waals surface area contributed by atoms with Gasteiger partial charge in [-0.15, -0.1) is 0 Å². The van der Waals surface area contributed by atoms with Crippen LogP contribution in [0, 0.1) is 0 Å². The molecule has 1 saturated heterocycles. The molecular weight excluding hydrogens is 420 g/mol. The lowest BCUT2D eigenvalue weighted by molar-refractivity contribution is -0.111. The molecule has 1 N–H and O–H groups in total. The molecule has 0 radical (unpaired) electrons. The van der Waals surface area contributed by atoms with Gasteiger partial charge < -0.3 is 19.7 Å². The molecule has 148 valence electrons. The van der Waals surface area contributed by atoms with Crippen molar-refractivity contribution in [1.82, 2.24) is 0 Å². The molecule has 2 aromatic carbocycles. The Balaban J connectivity index is 1.63. The molecule has 0 aliphatic carbocycles. The Morgan fingerprint density at radius 1 is 1.07 bits per heavy atom. The van der Waals surface area contributed by atoms with Crippen molar-refractivity contribution in [3.05, 3.63) is 52.5 Å². The number of benzene rings is 2. The third kappa shape index (κ3) is 5.07. The van der Waals surface area contributed by atoms with E-state index in [1.807, 2.05) is 24.3 Å². The lowest BCUT2D eigenvalue weighted by Gasteiger charge is -2.28. The smallest absolute Gasteiger partial charge is 0.248 e. The van der Waals surface area contributed by atoms with Crippen LogP contribution in [0.4, 0.5) is 11.4 Å². The molecule has 1 aliphatic rings. The van der Waals surface area contributed by atoms with Crippen LogP contribution in [0.5, 0.6) is 11.5 Å². The molecule has 0 aromatic heterocycles. The number of rotatable bonds is 6. The molecule has 0 unspecified atom stereocenters. The average Bonchev–Trinajstić information content (AvgIpc) is 2.73. The molecular formula is C22H25BrN2O3. The highest BCUT2D eigenvalue weighted by molar-refractivity contribution is 9.10. The van der Waals surface area contributed by atoms with Crippen LogP contribution in [-0.2, 0) is 4.79 Å². The number of carbonyl (C=O) groups is 1. The maximum absolute atomic E-state index is 12.3. The van der Waals surface area contributed by atoms with Crippen LogP contribution in [0.15, 0.2) is 46.9 Å². The van der Waals surface area contributed by atoms with E-state index in [2.05, 4.69) is 38.3 Å². The molecule has 1 amide bonds. The van der Waals surface area contributed by atoms with Crippen LogP contribution >= 0.6 is 15.9 Å². The van der Waals surface area contributed by atoms with Crippen LogP contribution < -0.4 is 19.7 Å². The van der Waals surface area contributed by atoms with Crippen molar-refractivity contribution in [2.75, 3.05) is 37.5 Å². The molecule has 0 saturated carbocycles. The summed E-state index contributed by atoms with van der Waals surface area (Å²) in [5.41, 5.74) is 2.83. The molecule has 3 rings (SSSR count). The zero-order valence-corrected chi connectivity index (χ0v) is 17.8. The van der Waals surface area contributed by atoms with Gasteiger partial charge >= 0.3 is 0 Å². The first-order valence-corrected chi connectivity index (χ1v) is 10.2. The first-order chi connectivity index (χ1) is 13.6. The second-order valence-corrected chi connectivity index (χ2v) is 7.51. The summed E-state index contributed by atoms with van der Waals surface area (Å²) in [4.78, 5) is 14.7. The van der Waals surface area contributed by atoms with E-state index in [0.29, 0.717) is 11.5 Å². The third-order valence-corrected chi connectivity index (χ3v) is 5.33. The van der Waals surface area contributed by atoms with Gasteiger partial charge in [-0.1, -0.05) is 0 Å². The summed E-state index contributed by atoms with van der Waals surface area (Å²) in [6, 6.07) is 11.7. The number of methoxy groups -OCH3 is 2. The molecule has 28 heavy (non-hydrogen) atoms. The normalized spacial score (nSPS) is 14.2. The highest BCUT2D eigenvalue weighted by Crippen LogP contribution is 2.36. The predicted octanol–water partition coefficient (Wildman–Crippen LogP) is 5.11. The number of carbonyl (C=O) groups excluding carboxylic acids is 1. The van der Waals surface area contributed by atoms with Gasteiger partial charge in [0.2, 0.25) is 5.91 Å². The first-order valence-electron chi connectivity index (χ1n) is 9.36. The lowest BCUT2D eigenvalue weighted by atomic mass is 10.1. The summed E-state index contributed by atoms with van der Waals surface area (Å²) in [6.45, 7) is 2.21. The maximum Gasteiger partial charge on any atom is 0.248 e. The number of piperidine rings is 1. The van der Waals surface area contributed by atoms with Crippen molar-refractivity contribution >= 4 is 39.3 Å².